The molecule has 1 aromatic heterocycles. The smallest absolute Gasteiger partial charge is 0.244 e. The van der Waals surface area contributed by atoms with Gasteiger partial charge in [-0.05, 0) is 13.1 Å². The second kappa shape index (κ2) is 8.38. The Balaban J connectivity index is 2.88. The summed E-state index contributed by atoms with van der Waals surface area (Å²) in [6.07, 6.45) is 1.51. The molecule has 0 aromatic carbocycles. The van der Waals surface area contributed by atoms with Gasteiger partial charge in [-0.1, -0.05) is 0 Å². The summed E-state index contributed by atoms with van der Waals surface area (Å²) < 4.78 is 36.4. The minimum absolute atomic E-state index is 0.259. The van der Waals surface area contributed by atoms with Crippen LogP contribution in [-0.2, 0) is 26.0 Å². The van der Waals surface area contributed by atoms with Gasteiger partial charge in [0.2, 0.25) is 10.0 Å². The summed E-state index contributed by atoms with van der Waals surface area (Å²) in [6, 6.07) is 1.64. The molecular weight excluding hydrogens is 282 g/mol. The number of aromatic amines is 1. The van der Waals surface area contributed by atoms with Gasteiger partial charge in [0.05, 0.1) is 18.1 Å². The number of sulfonamides is 1. The first kappa shape index (κ1) is 17.1. The summed E-state index contributed by atoms with van der Waals surface area (Å²) in [6.45, 7) is 1.88. The quantitative estimate of drug-likeness (QED) is 0.636. The number of hydrogen-bond acceptors (Lipinski definition) is 5. The van der Waals surface area contributed by atoms with Crippen molar-refractivity contribution in [3.8, 4) is 0 Å². The van der Waals surface area contributed by atoms with Crippen molar-refractivity contribution in [3.63, 3.8) is 0 Å². The Morgan fingerprint density at radius 2 is 1.85 bits per heavy atom. The summed E-state index contributed by atoms with van der Waals surface area (Å²) >= 11 is 0. The topological polar surface area (TPSA) is 83.7 Å². The Labute approximate surface area is 120 Å². The van der Waals surface area contributed by atoms with Crippen LogP contribution in [0, 0.1) is 0 Å². The first-order chi connectivity index (χ1) is 9.56. The molecule has 0 unspecified atom stereocenters. The summed E-state index contributed by atoms with van der Waals surface area (Å²) in [5.41, 5.74) is 0.824. The van der Waals surface area contributed by atoms with E-state index in [4.69, 9.17) is 9.47 Å². The molecule has 0 aliphatic carbocycles. The van der Waals surface area contributed by atoms with Gasteiger partial charge >= 0.3 is 0 Å². The molecule has 116 valence electrons. The van der Waals surface area contributed by atoms with E-state index in [1.54, 1.807) is 27.3 Å². The zero-order valence-corrected chi connectivity index (χ0v) is 13.0. The lowest BCUT2D eigenvalue weighted by Crippen LogP contribution is -2.36. The van der Waals surface area contributed by atoms with Gasteiger partial charge in [-0.2, -0.15) is 4.31 Å². The lowest BCUT2D eigenvalue weighted by molar-refractivity contribution is 0.150. The molecule has 0 aliphatic rings. The molecule has 20 heavy (non-hydrogen) atoms. The van der Waals surface area contributed by atoms with E-state index < -0.39 is 10.0 Å². The van der Waals surface area contributed by atoms with E-state index in [0.29, 0.717) is 32.8 Å². The fourth-order valence-corrected chi connectivity index (χ4v) is 3.17. The molecule has 0 radical (unpaired) electrons. The van der Waals surface area contributed by atoms with Gasteiger partial charge in [-0.25, -0.2) is 8.42 Å². The number of methoxy groups -OCH3 is 2. The molecule has 1 heterocycles. The number of hydrogen-bond donors (Lipinski definition) is 2. The van der Waals surface area contributed by atoms with Crippen molar-refractivity contribution in [2.45, 2.75) is 11.4 Å². The van der Waals surface area contributed by atoms with Crippen LogP contribution < -0.4 is 5.32 Å². The Morgan fingerprint density at radius 1 is 1.25 bits per heavy atom. The molecule has 0 fully saturated rings. The zero-order chi connectivity index (χ0) is 15.0. The number of aromatic nitrogens is 1. The maximum Gasteiger partial charge on any atom is 0.244 e. The molecule has 0 aliphatic heterocycles. The van der Waals surface area contributed by atoms with Crippen LogP contribution in [0.4, 0.5) is 0 Å². The summed E-state index contributed by atoms with van der Waals surface area (Å²) in [4.78, 5) is 3.21. The molecule has 8 heteroatoms. The second-order valence-corrected chi connectivity index (χ2v) is 6.22. The molecule has 0 saturated carbocycles. The normalized spacial score (nSPS) is 12.2. The number of nitrogens with zero attached hydrogens (tertiary/aromatic N) is 1. The SMILES string of the molecule is CNCc1cc(S(=O)(=O)N(CCOC)CCOC)c[nH]1. The van der Waals surface area contributed by atoms with Gasteiger partial charge in [0.1, 0.15) is 0 Å². The molecular formula is C12H23N3O4S. The van der Waals surface area contributed by atoms with Crippen molar-refractivity contribution >= 4 is 10.0 Å². The van der Waals surface area contributed by atoms with Crippen LogP contribution in [0.15, 0.2) is 17.2 Å². The minimum atomic E-state index is -3.53. The first-order valence-electron chi connectivity index (χ1n) is 6.36. The van der Waals surface area contributed by atoms with Gasteiger partial charge in [0.25, 0.3) is 0 Å². The number of rotatable bonds is 10. The second-order valence-electron chi connectivity index (χ2n) is 4.28. The third-order valence-electron chi connectivity index (χ3n) is 2.81. The zero-order valence-electron chi connectivity index (χ0n) is 12.2. The van der Waals surface area contributed by atoms with E-state index in [1.807, 2.05) is 0 Å². The highest BCUT2D eigenvalue weighted by Crippen LogP contribution is 2.16. The lowest BCUT2D eigenvalue weighted by atomic mass is 10.4. The molecule has 0 atom stereocenters. The highest BCUT2D eigenvalue weighted by molar-refractivity contribution is 7.89. The third-order valence-corrected chi connectivity index (χ3v) is 4.69. The van der Waals surface area contributed by atoms with Crippen molar-refractivity contribution in [2.75, 3.05) is 47.6 Å². The molecule has 0 saturated heterocycles. The van der Waals surface area contributed by atoms with Crippen molar-refractivity contribution in [1.82, 2.24) is 14.6 Å². The monoisotopic (exact) mass is 305 g/mol. The van der Waals surface area contributed by atoms with Crippen LogP contribution >= 0.6 is 0 Å². The molecule has 2 N–H and O–H groups in total. The van der Waals surface area contributed by atoms with Crippen molar-refractivity contribution in [1.29, 1.82) is 0 Å². The van der Waals surface area contributed by atoms with Gasteiger partial charge in [0.15, 0.2) is 0 Å². The Morgan fingerprint density at radius 3 is 2.35 bits per heavy atom. The molecule has 0 spiro atoms. The van der Waals surface area contributed by atoms with E-state index in [2.05, 4.69) is 10.3 Å². The highest BCUT2D eigenvalue weighted by atomic mass is 32.2. The largest absolute Gasteiger partial charge is 0.383 e. The molecule has 7 nitrogen and oxygen atoms in total. The Bertz CT molecular complexity index is 479. The fraction of sp³-hybridized carbons (Fsp3) is 0.667. The molecule has 1 rings (SSSR count). The predicted octanol–water partition coefficient (Wildman–Crippen LogP) is 0.0176. The highest BCUT2D eigenvalue weighted by Gasteiger charge is 2.25. The van der Waals surface area contributed by atoms with Crippen molar-refractivity contribution in [3.05, 3.63) is 18.0 Å². The van der Waals surface area contributed by atoms with Crippen LogP contribution in [0.1, 0.15) is 5.69 Å². The molecule has 1 aromatic rings. The van der Waals surface area contributed by atoms with Gasteiger partial charge in [-0.3, -0.25) is 0 Å². The van der Waals surface area contributed by atoms with E-state index in [-0.39, 0.29) is 4.90 Å². The van der Waals surface area contributed by atoms with E-state index in [9.17, 15) is 8.42 Å². The van der Waals surface area contributed by atoms with Crippen LogP contribution in [0.5, 0.6) is 0 Å². The van der Waals surface area contributed by atoms with E-state index >= 15 is 0 Å². The number of nitrogens with one attached hydrogen (secondary N) is 2. The summed E-state index contributed by atoms with van der Waals surface area (Å²) in [5.74, 6) is 0. The number of H-pyrrole nitrogens is 1. The molecule has 0 bridgehead atoms. The molecule has 0 amide bonds. The van der Waals surface area contributed by atoms with Crippen LogP contribution in [-0.4, -0.2) is 65.3 Å². The van der Waals surface area contributed by atoms with Crippen molar-refractivity contribution in [2.24, 2.45) is 0 Å². The fourth-order valence-electron chi connectivity index (χ4n) is 1.75. The average molecular weight is 305 g/mol. The standard InChI is InChI=1S/C12H23N3O4S/c1-13-9-11-8-12(10-14-11)20(16,17)15(4-6-18-2)5-7-19-3/h8,10,13-14H,4-7,9H2,1-3H3. The van der Waals surface area contributed by atoms with Crippen LogP contribution in [0.3, 0.4) is 0 Å². The predicted molar refractivity (Wildman–Crippen MR) is 76.1 cm³/mol. The third kappa shape index (κ3) is 4.57. The van der Waals surface area contributed by atoms with E-state index in [1.165, 1.54) is 10.5 Å². The summed E-state index contributed by atoms with van der Waals surface area (Å²) in [5, 5.41) is 2.97. The van der Waals surface area contributed by atoms with Gasteiger partial charge < -0.3 is 19.8 Å². The lowest BCUT2D eigenvalue weighted by Gasteiger charge is -2.20. The summed E-state index contributed by atoms with van der Waals surface area (Å²) in [7, 11) is 1.36. The minimum Gasteiger partial charge on any atom is -0.383 e. The van der Waals surface area contributed by atoms with Crippen LogP contribution in [0.25, 0.3) is 0 Å². The van der Waals surface area contributed by atoms with Gasteiger partial charge in [0, 0.05) is 45.7 Å². The van der Waals surface area contributed by atoms with E-state index in [0.717, 1.165) is 5.69 Å². The first-order valence-corrected chi connectivity index (χ1v) is 7.80. The maximum absolute atomic E-state index is 12.5. The Hall–Kier alpha value is -0.930. The van der Waals surface area contributed by atoms with Crippen LogP contribution in [0.2, 0.25) is 0 Å². The Kier molecular flexibility index (Phi) is 7.17. The maximum atomic E-state index is 12.5. The van der Waals surface area contributed by atoms with Gasteiger partial charge in [-0.15, -0.1) is 0 Å². The van der Waals surface area contributed by atoms with Crippen molar-refractivity contribution < 1.29 is 17.9 Å². The number of ether oxygens (including phenoxy) is 2. The average Bonchev–Trinajstić information content (AvgIpc) is 2.88.